The first-order valence-electron chi connectivity index (χ1n) is 6.25. The number of piperidine rings is 1. The highest BCUT2D eigenvalue weighted by molar-refractivity contribution is 5.99. The molecule has 1 aliphatic heterocycles. The van der Waals surface area contributed by atoms with Crippen molar-refractivity contribution in [2.75, 3.05) is 0 Å². The van der Waals surface area contributed by atoms with E-state index in [4.69, 9.17) is 0 Å². The van der Waals surface area contributed by atoms with Crippen LogP contribution in [0.1, 0.15) is 18.9 Å². The fraction of sp³-hybridized carbons (Fsp3) is 0.214. The first-order chi connectivity index (χ1) is 9.58. The van der Waals surface area contributed by atoms with Crippen LogP contribution in [0.4, 0.5) is 0 Å². The zero-order valence-electron chi connectivity index (χ0n) is 10.5. The number of hydrogen-bond acceptors (Lipinski definition) is 4. The van der Waals surface area contributed by atoms with Gasteiger partial charge in [-0.1, -0.05) is 18.2 Å². The summed E-state index contributed by atoms with van der Waals surface area (Å²) in [5.74, 6) is -1.17. The lowest BCUT2D eigenvalue weighted by atomic mass is 10.0. The van der Waals surface area contributed by atoms with E-state index in [9.17, 15) is 19.5 Å². The van der Waals surface area contributed by atoms with Crippen LogP contribution in [0.25, 0.3) is 10.8 Å². The second-order valence-corrected chi connectivity index (χ2v) is 4.73. The quantitative estimate of drug-likeness (QED) is 0.747. The average molecular weight is 272 g/mol. The van der Waals surface area contributed by atoms with Gasteiger partial charge in [-0.3, -0.25) is 24.3 Å². The van der Waals surface area contributed by atoms with E-state index in [-0.39, 0.29) is 24.6 Å². The lowest BCUT2D eigenvalue weighted by Crippen LogP contribution is -2.44. The molecule has 1 aromatic heterocycles. The number of imide groups is 1. The predicted molar refractivity (Wildman–Crippen MR) is 71.3 cm³/mol. The molecule has 20 heavy (non-hydrogen) atoms. The van der Waals surface area contributed by atoms with E-state index < -0.39 is 17.5 Å². The van der Waals surface area contributed by atoms with Gasteiger partial charge in [0.1, 0.15) is 6.04 Å². The normalized spacial score (nSPS) is 19.1. The number of aromatic nitrogens is 1. The van der Waals surface area contributed by atoms with E-state index in [0.717, 1.165) is 4.57 Å². The molecule has 1 saturated heterocycles. The van der Waals surface area contributed by atoms with E-state index in [1.54, 1.807) is 24.3 Å². The Labute approximate surface area is 113 Å². The van der Waals surface area contributed by atoms with Gasteiger partial charge < -0.3 is 5.11 Å². The Balaban J connectivity index is 2.19. The maximum Gasteiger partial charge on any atom is 0.254 e. The van der Waals surface area contributed by atoms with Crippen molar-refractivity contribution < 1.29 is 14.7 Å². The second kappa shape index (κ2) is 4.48. The average Bonchev–Trinajstić information content (AvgIpc) is 2.41. The molecule has 2 aromatic rings. The third-order valence-electron chi connectivity index (χ3n) is 3.47. The molecule has 1 fully saturated rings. The van der Waals surface area contributed by atoms with E-state index >= 15 is 0 Å². The van der Waals surface area contributed by atoms with Crippen LogP contribution < -0.4 is 10.9 Å². The minimum Gasteiger partial charge on any atom is -0.494 e. The van der Waals surface area contributed by atoms with Gasteiger partial charge >= 0.3 is 0 Å². The zero-order chi connectivity index (χ0) is 14.3. The number of nitrogens with one attached hydrogen (secondary N) is 1. The van der Waals surface area contributed by atoms with E-state index in [1.807, 2.05) is 0 Å². The number of fused-ring (bicyclic) bond motifs is 1. The van der Waals surface area contributed by atoms with Crippen LogP contribution in [-0.2, 0) is 9.59 Å². The number of nitrogens with zero attached hydrogens (tertiary/aromatic N) is 1. The molecule has 0 saturated carbocycles. The van der Waals surface area contributed by atoms with Gasteiger partial charge in [-0.05, 0) is 17.9 Å². The molecule has 6 heteroatoms. The topological polar surface area (TPSA) is 88.4 Å². The number of carbonyl (C=O) groups excluding carboxylic acids is 2. The minimum absolute atomic E-state index is 0.148. The molecule has 2 heterocycles. The Hall–Kier alpha value is -2.63. The molecule has 0 spiro atoms. The standard InChI is InChI=1S/C14H12N2O4/c17-11-6-5-10(13(19)15-11)16-12(18)7-8-3-1-2-4-9(8)14(16)20/h1-4,7,10,20H,5-6H2,(H,15,17,19). The lowest BCUT2D eigenvalue weighted by Gasteiger charge is -2.24. The van der Waals surface area contributed by atoms with Crippen LogP contribution in [0.2, 0.25) is 0 Å². The predicted octanol–water partition coefficient (Wildman–Crippen LogP) is 0.685. The fourth-order valence-electron chi connectivity index (χ4n) is 2.49. The Kier molecular flexibility index (Phi) is 2.78. The summed E-state index contributed by atoms with van der Waals surface area (Å²) in [7, 11) is 0. The van der Waals surface area contributed by atoms with Crippen molar-refractivity contribution in [3.8, 4) is 5.88 Å². The van der Waals surface area contributed by atoms with E-state index in [2.05, 4.69) is 5.32 Å². The van der Waals surface area contributed by atoms with Gasteiger partial charge in [-0.15, -0.1) is 0 Å². The molecule has 6 nitrogen and oxygen atoms in total. The second-order valence-electron chi connectivity index (χ2n) is 4.73. The first-order valence-corrected chi connectivity index (χ1v) is 6.25. The van der Waals surface area contributed by atoms with Crippen molar-refractivity contribution >= 4 is 22.6 Å². The van der Waals surface area contributed by atoms with Crippen molar-refractivity contribution in [1.82, 2.24) is 9.88 Å². The van der Waals surface area contributed by atoms with E-state index in [1.165, 1.54) is 6.07 Å². The van der Waals surface area contributed by atoms with Gasteiger partial charge in [0.15, 0.2) is 0 Å². The number of aromatic hydroxyl groups is 1. The number of carbonyl (C=O) groups is 2. The van der Waals surface area contributed by atoms with Crippen molar-refractivity contribution in [1.29, 1.82) is 0 Å². The van der Waals surface area contributed by atoms with Crippen LogP contribution >= 0.6 is 0 Å². The first kappa shape index (κ1) is 12.4. The molecule has 3 rings (SSSR count). The Bertz CT molecular complexity index is 778. The van der Waals surface area contributed by atoms with Crippen LogP contribution in [0.3, 0.4) is 0 Å². The molecule has 0 radical (unpaired) electrons. The van der Waals surface area contributed by atoms with Gasteiger partial charge in [-0.2, -0.15) is 0 Å². The third-order valence-corrected chi connectivity index (χ3v) is 3.47. The summed E-state index contributed by atoms with van der Waals surface area (Å²) < 4.78 is 1.05. The van der Waals surface area contributed by atoms with Gasteiger partial charge in [0.05, 0.1) is 0 Å². The molecule has 2 amide bonds. The molecule has 0 bridgehead atoms. The van der Waals surface area contributed by atoms with Crippen LogP contribution in [0.5, 0.6) is 5.88 Å². The summed E-state index contributed by atoms with van der Waals surface area (Å²) in [5.41, 5.74) is -0.462. The summed E-state index contributed by atoms with van der Waals surface area (Å²) in [4.78, 5) is 35.1. The Morgan fingerprint density at radius 3 is 2.70 bits per heavy atom. The molecule has 102 valence electrons. The van der Waals surface area contributed by atoms with Crippen LogP contribution in [-0.4, -0.2) is 21.5 Å². The highest BCUT2D eigenvalue weighted by atomic mass is 16.3. The Morgan fingerprint density at radius 1 is 1.20 bits per heavy atom. The summed E-state index contributed by atoms with van der Waals surface area (Å²) in [6.07, 6.45) is 0.353. The minimum atomic E-state index is -0.857. The maximum absolute atomic E-state index is 12.1. The monoisotopic (exact) mass is 272 g/mol. The Morgan fingerprint density at radius 2 is 1.95 bits per heavy atom. The number of hydrogen-bond donors (Lipinski definition) is 2. The SMILES string of the molecule is O=C1CCC(n2c(O)c3ccccc3cc2=O)C(=O)N1. The summed E-state index contributed by atoms with van der Waals surface area (Å²) >= 11 is 0. The number of benzene rings is 1. The largest absolute Gasteiger partial charge is 0.494 e. The van der Waals surface area contributed by atoms with E-state index in [0.29, 0.717) is 10.8 Å². The fourth-order valence-corrected chi connectivity index (χ4v) is 2.49. The number of pyridine rings is 1. The van der Waals surface area contributed by atoms with Gasteiger partial charge in [0, 0.05) is 17.9 Å². The lowest BCUT2D eigenvalue weighted by molar-refractivity contribution is -0.135. The molecule has 1 atom stereocenters. The molecule has 0 aliphatic carbocycles. The molecule has 1 aromatic carbocycles. The number of rotatable bonds is 1. The summed E-state index contributed by atoms with van der Waals surface area (Å²) in [6, 6.07) is 7.40. The molecular formula is C14H12N2O4. The van der Waals surface area contributed by atoms with Crippen molar-refractivity contribution in [2.24, 2.45) is 0 Å². The smallest absolute Gasteiger partial charge is 0.254 e. The molecule has 1 aliphatic rings. The van der Waals surface area contributed by atoms with Gasteiger partial charge in [0.25, 0.3) is 5.56 Å². The van der Waals surface area contributed by atoms with Crippen LogP contribution in [0.15, 0.2) is 35.1 Å². The third kappa shape index (κ3) is 1.85. The zero-order valence-corrected chi connectivity index (χ0v) is 10.5. The summed E-state index contributed by atoms with van der Waals surface area (Å²) in [6.45, 7) is 0. The van der Waals surface area contributed by atoms with Gasteiger partial charge in [0.2, 0.25) is 17.7 Å². The van der Waals surface area contributed by atoms with Crippen molar-refractivity contribution in [2.45, 2.75) is 18.9 Å². The molecule has 1 unspecified atom stereocenters. The number of amides is 2. The van der Waals surface area contributed by atoms with Crippen molar-refractivity contribution in [3.05, 3.63) is 40.7 Å². The van der Waals surface area contributed by atoms with Crippen molar-refractivity contribution in [3.63, 3.8) is 0 Å². The highest BCUT2D eigenvalue weighted by Crippen LogP contribution is 2.27. The molecule has 2 N–H and O–H groups in total. The summed E-state index contributed by atoms with van der Waals surface area (Å²) in [5, 5.41) is 13.6. The highest BCUT2D eigenvalue weighted by Gasteiger charge is 2.30. The van der Waals surface area contributed by atoms with Crippen LogP contribution in [0, 0.1) is 0 Å². The maximum atomic E-state index is 12.1. The molecular weight excluding hydrogens is 260 g/mol. The van der Waals surface area contributed by atoms with Gasteiger partial charge in [-0.25, -0.2) is 0 Å².